The van der Waals surface area contributed by atoms with Crippen molar-refractivity contribution in [2.45, 2.75) is 50.7 Å². The maximum Gasteiger partial charge on any atom is 0.323 e. The Labute approximate surface area is 203 Å². The zero-order valence-electron chi connectivity index (χ0n) is 19.7. The third-order valence-electron chi connectivity index (χ3n) is 6.13. The highest BCUT2D eigenvalue weighted by atomic mass is 16.4. The van der Waals surface area contributed by atoms with Crippen LogP contribution in [0, 0.1) is 5.92 Å². The van der Waals surface area contributed by atoms with E-state index < -0.39 is 35.9 Å². The number of piperidine rings is 1. The lowest BCUT2D eigenvalue weighted by molar-refractivity contribution is -0.151. The molecule has 0 unspecified atom stereocenters. The van der Waals surface area contributed by atoms with Crippen molar-refractivity contribution >= 4 is 30.2 Å². The number of nitrogens with one attached hydrogen (secondary N) is 3. The van der Waals surface area contributed by atoms with Crippen LogP contribution >= 0.6 is 0 Å². The Bertz CT molecular complexity index is 933. The van der Waals surface area contributed by atoms with Gasteiger partial charge in [0.1, 0.15) is 18.6 Å². The average molecular weight is 492 g/mol. The van der Waals surface area contributed by atoms with Crippen LogP contribution in [-0.2, 0) is 20.9 Å². The highest BCUT2D eigenvalue weighted by molar-refractivity contribution is 6.12. The van der Waals surface area contributed by atoms with E-state index in [9.17, 15) is 24.3 Å². The molecule has 1 aromatic rings. The lowest BCUT2D eigenvalue weighted by atomic mass is 9.95. The van der Waals surface area contributed by atoms with Gasteiger partial charge in [-0.05, 0) is 50.7 Å². The zero-order chi connectivity index (χ0) is 25.4. The number of nitrogens with zero attached hydrogens (tertiary/aromatic N) is 3. The number of carbonyl (C=O) groups excluding carboxylic acids is 3. The number of likely N-dealkylation sites (tertiary alicyclic amines) is 1. The molecule has 2 atom stereocenters. The average Bonchev–Trinajstić information content (AvgIpc) is 3.53. The van der Waals surface area contributed by atoms with Crippen molar-refractivity contribution in [3.63, 3.8) is 0 Å². The molecule has 6 N–H and O–H groups in total. The molecule has 2 fully saturated rings. The van der Waals surface area contributed by atoms with E-state index in [1.165, 1.54) is 13.2 Å². The van der Waals surface area contributed by atoms with Crippen LogP contribution in [0.5, 0.6) is 0 Å². The first kappa shape index (κ1) is 25.8. The standard InChI is InChI=1S/C22H33N7O6/c1-22(20(33)29(13-18(30)31)16-6-7-16,27-21(34)25-11-17-5-3-9-35-17)19(32)24-10-15-4-2-8-28(12-15)14-26-23/h3,5,9,14-16H,2,4,6-8,10-13,23H2,1H3,(H,24,32)(H,30,31)(H2,25,27,34)/t15-,22-/m0/s1. The predicted molar refractivity (Wildman–Crippen MR) is 125 cm³/mol. The summed E-state index contributed by atoms with van der Waals surface area (Å²) in [6, 6.07) is 2.30. The molecule has 0 bridgehead atoms. The molecule has 4 amide bonds. The Hall–Kier alpha value is -3.77. The number of carboxylic acids is 1. The summed E-state index contributed by atoms with van der Waals surface area (Å²) < 4.78 is 5.18. The SMILES string of the molecule is C[C@](NC(=O)NCc1ccco1)(C(=O)NC[C@@H]1CCCN(C=NN)C1)C(=O)N(CC(=O)O)C1CC1. The van der Waals surface area contributed by atoms with Crippen LogP contribution in [0.3, 0.4) is 0 Å². The second-order valence-corrected chi connectivity index (χ2v) is 9.05. The van der Waals surface area contributed by atoms with Gasteiger partial charge in [0.2, 0.25) is 0 Å². The topological polar surface area (TPSA) is 183 Å². The second-order valence-electron chi connectivity index (χ2n) is 9.05. The lowest BCUT2D eigenvalue weighted by Crippen LogP contribution is -2.67. The molecule has 0 spiro atoms. The zero-order valence-corrected chi connectivity index (χ0v) is 19.7. The molecule has 3 rings (SSSR count). The third-order valence-corrected chi connectivity index (χ3v) is 6.13. The molecule has 2 aliphatic rings. The minimum atomic E-state index is -2.02. The van der Waals surface area contributed by atoms with Crippen molar-refractivity contribution in [1.29, 1.82) is 0 Å². The molecule has 1 saturated heterocycles. The van der Waals surface area contributed by atoms with E-state index in [1.54, 1.807) is 18.5 Å². The van der Waals surface area contributed by atoms with E-state index >= 15 is 0 Å². The number of carboxylic acid groups (broad SMARTS) is 1. The molecule has 192 valence electrons. The van der Waals surface area contributed by atoms with Gasteiger partial charge >= 0.3 is 12.0 Å². The van der Waals surface area contributed by atoms with E-state index in [2.05, 4.69) is 21.1 Å². The van der Waals surface area contributed by atoms with Crippen LogP contribution < -0.4 is 21.8 Å². The van der Waals surface area contributed by atoms with E-state index in [-0.39, 0.29) is 25.0 Å². The summed E-state index contributed by atoms with van der Waals surface area (Å²) in [4.78, 5) is 53.9. The van der Waals surface area contributed by atoms with Crippen LogP contribution in [0.4, 0.5) is 4.79 Å². The summed E-state index contributed by atoms with van der Waals surface area (Å²) in [5.74, 6) is 3.14. The number of hydrogen-bond acceptors (Lipinski definition) is 7. The van der Waals surface area contributed by atoms with Crippen LogP contribution in [0.25, 0.3) is 0 Å². The van der Waals surface area contributed by atoms with Crippen molar-refractivity contribution in [1.82, 2.24) is 25.8 Å². The fourth-order valence-corrected chi connectivity index (χ4v) is 4.12. The van der Waals surface area contributed by atoms with Crippen molar-refractivity contribution < 1.29 is 28.7 Å². The number of urea groups is 1. The van der Waals surface area contributed by atoms with E-state index in [1.807, 2.05) is 4.90 Å². The van der Waals surface area contributed by atoms with Gasteiger partial charge < -0.3 is 41.1 Å². The Morgan fingerprint density at radius 1 is 1.31 bits per heavy atom. The van der Waals surface area contributed by atoms with Gasteiger partial charge in [0, 0.05) is 25.7 Å². The number of hydrogen-bond donors (Lipinski definition) is 5. The van der Waals surface area contributed by atoms with Gasteiger partial charge in [-0.25, -0.2) is 4.79 Å². The van der Waals surface area contributed by atoms with Crippen molar-refractivity contribution in [3.8, 4) is 0 Å². The molecular weight excluding hydrogens is 458 g/mol. The highest BCUT2D eigenvalue weighted by Crippen LogP contribution is 2.29. The molecule has 35 heavy (non-hydrogen) atoms. The number of aliphatic carboxylic acids is 1. The molecule has 1 aromatic heterocycles. The number of nitrogens with two attached hydrogens (primary N) is 1. The summed E-state index contributed by atoms with van der Waals surface area (Å²) in [5, 5.41) is 20.6. The molecule has 13 nitrogen and oxygen atoms in total. The van der Waals surface area contributed by atoms with Crippen molar-refractivity contribution in [2.24, 2.45) is 16.9 Å². The number of rotatable bonds is 11. The first-order valence-electron chi connectivity index (χ1n) is 11.6. The predicted octanol–water partition coefficient (Wildman–Crippen LogP) is -0.357. The molecule has 1 aliphatic heterocycles. The summed E-state index contributed by atoms with van der Waals surface area (Å²) in [7, 11) is 0. The molecule has 1 aliphatic carbocycles. The number of amides is 4. The molecule has 2 heterocycles. The van der Waals surface area contributed by atoms with Gasteiger partial charge in [0.05, 0.1) is 12.8 Å². The van der Waals surface area contributed by atoms with Crippen LogP contribution in [0.2, 0.25) is 0 Å². The van der Waals surface area contributed by atoms with Crippen LogP contribution in [0.15, 0.2) is 27.9 Å². The molecular formula is C22H33N7O6. The Morgan fingerprint density at radius 2 is 2.09 bits per heavy atom. The molecule has 0 aromatic carbocycles. The monoisotopic (exact) mass is 491 g/mol. The van der Waals surface area contributed by atoms with Gasteiger partial charge in [-0.15, -0.1) is 0 Å². The highest BCUT2D eigenvalue weighted by Gasteiger charge is 2.49. The normalized spacial score (nSPS) is 19.6. The maximum absolute atomic E-state index is 13.5. The molecule has 0 radical (unpaired) electrons. The van der Waals surface area contributed by atoms with Gasteiger partial charge in [0.15, 0.2) is 5.54 Å². The fourth-order valence-electron chi connectivity index (χ4n) is 4.12. The first-order valence-corrected chi connectivity index (χ1v) is 11.6. The summed E-state index contributed by atoms with van der Waals surface area (Å²) >= 11 is 0. The molecule has 13 heteroatoms. The lowest BCUT2D eigenvalue weighted by Gasteiger charge is -2.35. The number of carbonyl (C=O) groups is 4. The van der Waals surface area contributed by atoms with E-state index in [0.29, 0.717) is 25.1 Å². The van der Waals surface area contributed by atoms with Gasteiger partial charge in [-0.3, -0.25) is 14.4 Å². The Morgan fingerprint density at radius 3 is 2.71 bits per heavy atom. The molecule has 1 saturated carbocycles. The van der Waals surface area contributed by atoms with Crippen molar-refractivity contribution in [3.05, 3.63) is 24.2 Å². The second kappa shape index (κ2) is 11.6. The fraction of sp³-hybridized carbons (Fsp3) is 0.591. The summed E-state index contributed by atoms with van der Waals surface area (Å²) in [6.07, 6.45) is 6.05. The quantitative estimate of drug-likeness (QED) is 0.0914. The maximum atomic E-state index is 13.5. The summed E-state index contributed by atoms with van der Waals surface area (Å²) in [6.45, 7) is 2.50. The largest absolute Gasteiger partial charge is 0.480 e. The third kappa shape index (κ3) is 7.11. The number of hydrazone groups is 1. The van der Waals surface area contributed by atoms with Gasteiger partial charge in [-0.2, -0.15) is 5.10 Å². The van der Waals surface area contributed by atoms with Gasteiger partial charge in [0.25, 0.3) is 11.8 Å². The smallest absolute Gasteiger partial charge is 0.323 e. The minimum absolute atomic E-state index is 0.0484. The summed E-state index contributed by atoms with van der Waals surface area (Å²) in [5.41, 5.74) is -2.02. The van der Waals surface area contributed by atoms with Gasteiger partial charge in [-0.1, -0.05) is 0 Å². The van der Waals surface area contributed by atoms with E-state index in [4.69, 9.17) is 10.3 Å². The van der Waals surface area contributed by atoms with Crippen LogP contribution in [-0.4, -0.2) is 82.8 Å². The first-order chi connectivity index (χ1) is 16.7. The Balaban J connectivity index is 1.71. The van der Waals surface area contributed by atoms with Crippen LogP contribution in [0.1, 0.15) is 38.4 Å². The van der Waals surface area contributed by atoms with E-state index in [0.717, 1.165) is 24.3 Å². The minimum Gasteiger partial charge on any atom is -0.480 e. The number of furan rings is 1. The van der Waals surface area contributed by atoms with Crippen molar-refractivity contribution in [2.75, 3.05) is 26.2 Å². The Kier molecular flexibility index (Phi) is 8.55.